The molecule has 0 unspecified atom stereocenters. The van der Waals surface area contributed by atoms with E-state index in [1.807, 2.05) is 55.5 Å². The number of rotatable bonds is 18. The largest absolute Gasteiger partial charge is 0.497 e. The van der Waals surface area contributed by atoms with Crippen molar-refractivity contribution in [2.45, 2.75) is 25.9 Å². The summed E-state index contributed by atoms with van der Waals surface area (Å²) in [5, 5.41) is 13.1. The van der Waals surface area contributed by atoms with E-state index in [9.17, 15) is 5.11 Å². The van der Waals surface area contributed by atoms with Gasteiger partial charge in [-0.05, 0) is 48.7 Å². The first-order chi connectivity index (χ1) is 15.7. The fraction of sp³-hybridized carbons (Fsp3) is 0.520. The molecule has 0 aromatic heterocycles. The second-order valence-corrected chi connectivity index (χ2v) is 7.23. The highest BCUT2D eigenvalue weighted by Crippen LogP contribution is 2.14. The van der Waals surface area contributed by atoms with Crippen molar-refractivity contribution < 1.29 is 28.8 Å². The highest BCUT2D eigenvalue weighted by atomic mass is 16.6. The summed E-state index contributed by atoms with van der Waals surface area (Å²) in [7, 11) is 1.66. The minimum Gasteiger partial charge on any atom is -0.497 e. The lowest BCUT2D eigenvalue weighted by molar-refractivity contribution is 0.0114. The molecule has 2 aromatic rings. The molecule has 0 radical (unpaired) electrons. The standard InChI is InChI=1S/C25H37NO6/c1-3-29-12-13-30-14-15-31-16-17-32-25-10-4-21(5-11-25)18-23(20-27)26-19-22-6-8-24(28-2)9-7-22/h4-11,23,26-27H,3,12-20H2,1-2H3/t23-/m0/s1. The van der Waals surface area contributed by atoms with Crippen molar-refractivity contribution in [2.75, 3.05) is 60.0 Å². The van der Waals surface area contributed by atoms with E-state index in [2.05, 4.69) is 5.32 Å². The van der Waals surface area contributed by atoms with Crippen molar-refractivity contribution >= 4 is 0 Å². The summed E-state index contributed by atoms with van der Waals surface area (Å²) in [6, 6.07) is 15.8. The van der Waals surface area contributed by atoms with Gasteiger partial charge in [-0.15, -0.1) is 0 Å². The van der Waals surface area contributed by atoms with E-state index < -0.39 is 0 Å². The van der Waals surface area contributed by atoms with Gasteiger partial charge in [0.25, 0.3) is 0 Å². The van der Waals surface area contributed by atoms with E-state index in [4.69, 9.17) is 23.7 Å². The Morgan fingerprint density at radius 2 is 1.31 bits per heavy atom. The lowest BCUT2D eigenvalue weighted by Crippen LogP contribution is -2.34. The molecule has 2 rings (SSSR count). The topological polar surface area (TPSA) is 78.4 Å². The maximum absolute atomic E-state index is 9.72. The predicted octanol–water partition coefficient (Wildman–Crippen LogP) is 2.84. The molecule has 32 heavy (non-hydrogen) atoms. The van der Waals surface area contributed by atoms with Crippen LogP contribution in [0.5, 0.6) is 11.5 Å². The second kappa shape index (κ2) is 16.5. The van der Waals surface area contributed by atoms with Gasteiger partial charge in [0.05, 0.1) is 46.8 Å². The maximum atomic E-state index is 9.72. The van der Waals surface area contributed by atoms with Crippen molar-refractivity contribution in [3.8, 4) is 11.5 Å². The zero-order valence-corrected chi connectivity index (χ0v) is 19.3. The molecular weight excluding hydrogens is 410 g/mol. The Morgan fingerprint density at radius 3 is 1.91 bits per heavy atom. The number of aliphatic hydroxyl groups is 1. The van der Waals surface area contributed by atoms with Gasteiger partial charge < -0.3 is 34.1 Å². The lowest BCUT2D eigenvalue weighted by Gasteiger charge is -2.17. The summed E-state index contributed by atoms with van der Waals surface area (Å²) in [4.78, 5) is 0. The Morgan fingerprint density at radius 1 is 0.750 bits per heavy atom. The van der Waals surface area contributed by atoms with Crippen molar-refractivity contribution in [2.24, 2.45) is 0 Å². The summed E-state index contributed by atoms with van der Waals surface area (Å²) in [6.07, 6.45) is 0.735. The van der Waals surface area contributed by atoms with Crippen molar-refractivity contribution in [1.29, 1.82) is 0 Å². The molecule has 2 N–H and O–H groups in total. The van der Waals surface area contributed by atoms with E-state index in [1.165, 1.54) is 0 Å². The van der Waals surface area contributed by atoms with Crippen LogP contribution in [-0.4, -0.2) is 71.1 Å². The fourth-order valence-electron chi connectivity index (χ4n) is 3.02. The molecule has 7 nitrogen and oxygen atoms in total. The number of benzene rings is 2. The van der Waals surface area contributed by atoms with Gasteiger partial charge in [0.2, 0.25) is 0 Å². The van der Waals surface area contributed by atoms with Gasteiger partial charge in [-0.25, -0.2) is 0 Å². The summed E-state index contributed by atoms with van der Waals surface area (Å²) in [6.45, 7) is 6.74. The predicted molar refractivity (Wildman–Crippen MR) is 124 cm³/mol. The number of aliphatic hydroxyl groups excluding tert-OH is 1. The first kappa shape index (κ1) is 26.1. The maximum Gasteiger partial charge on any atom is 0.119 e. The molecule has 0 heterocycles. The van der Waals surface area contributed by atoms with Gasteiger partial charge in [0.1, 0.15) is 18.1 Å². The third-order valence-corrected chi connectivity index (χ3v) is 4.82. The number of nitrogens with one attached hydrogen (secondary N) is 1. The molecule has 0 spiro atoms. The smallest absolute Gasteiger partial charge is 0.119 e. The van der Waals surface area contributed by atoms with Crippen molar-refractivity contribution in [3.05, 3.63) is 59.7 Å². The van der Waals surface area contributed by atoms with Crippen LogP contribution >= 0.6 is 0 Å². The van der Waals surface area contributed by atoms with Crippen LogP contribution in [0.3, 0.4) is 0 Å². The van der Waals surface area contributed by atoms with E-state index in [1.54, 1.807) is 7.11 Å². The first-order valence-corrected chi connectivity index (χ1v) is 11.2. The second-order valence-electron chi connectivity index (χ2n) is 7.23. The van der Waals surface area contributed by atoms with Crippen LogP contribution in [0.15, 0.2) is 48.5 Å². The molecule has 0 bridgehead atoms. The number of hydrogen-bond donors (Lipinski definition) is 2. The Labute approximate surface area is 191 Å². The monoisotopic (exact) mass is 447 g/mol. The molecule has 0 aliphatic heterocycles. The number of ether oxygens (including phenoxy) is 5. The van der Waals surface area contributed by atoms with Crippen LogP contribution in [0, 0.1) is 0 Å². The zero-order chi connectivity index (χ0) is 22.9. The number of hydrogen-bond acceptors (Lipinski definition) is 7. The van der Waals surface area contributed by atoms with Gasteiger partial charge >= 0.3 is 0 Å². The molecule has 0 aliphatic rings. The average molecular weight is 448 g/mol. The molecule has 1 atom stereocenters. The Balaban J connectivity index is 1.60. The van der Waals surface area contributed by atoms with Crippen molar-refractivity contribution in [1.82, 2.24) is 5.32 Å². The van der Waals surface area contributed by atoms with Crippen LogP contribution < -0.4 is 14.8 Å². The SMILES string of the molecule is CCOCCOCCOCCOc1ccc(C[C@@H](CO)NCc2ccc(OC)cc2)cc1. The normalized spacial score (nSPS) is 12.0. The first-order valence-electron chi connectivity index (χ1n) is 11.2. The molecule has 0 fully saturated rings. The summed E-state index contributed by atoms with van der Waals surface area (Å²) in [5.41, 5.74) is 2.28. The quantitative estimate of drug-likeness (QED) is 0.340. The van der Waals surface area contributed by atoms with Gasteiger partial charge in [0.15, 0.2) is 0 Å². The molecule has 0 amide bonds. The summed E-state index contributed by atoms with van der Waals surface area (Å²) < 4.78 is 27.0. The highest BCUT2D eigenvalue weighted by Gasteiger charge is 2.08. The molecule has 2 aromatic carbocycles. The average Bonchev–Trinajstić information content (AvgIpc) is 2.84. The molecule has 0 aliphatic carbocycles. The van der Waals surface area contributed by atoms with E-state index in [0.717, 1.165) is 29.0 Å². The summed E-state index contributed by atoms with van der Waals surface area (Å²) >= 11 is 0. The van der Waals surface area contributed by atoms with E-state index >= 15 is 0 Å². The zero-order valence-electron chi connectivity index (χ0n) is 19.3. The molecule has 7 heteroatoms. The Bertz CT molecular complexity index is 707. The minimum atomic E-state index is -0.0203. The van der Waals surface area contributed by atoms with E-state index in [0.29, 0.717) is 52.8 Å². The third-order valence-electron chi connectivity index (χ3n) is 4.82. The summed E-state index contributed by atoms with van der Waals surface area (Å²) in [5.74, 6) is 1.64. The van der Waals surface area contributed by atoms with Crippen LogP contribution in [0.4, 0.5) is 0 Å². The van der Waals surface area contributed by atoms with Gasteiger partial charge in [0, 0.05) is 19.2 Å². The molecule has 0 saturated carbocycles. The van der Waals surface area contributed by atoms with Crippen LogP contribution in [0.2, 0.25) is 0 Å². The van der Waals surface area contributed by atoms with Crippen LogP contribution in [-0.2, 0) is 27.2 Å². The molecular formula is C25H37NO6. The minimum absolute atomic E-state index is 0.0203. The van der Waals surface area contributed by atoms with Gasteiger partial charge in [-0.2, -0.15) is 0 Å². The third kappa shape index (κ3) is 10.9. The number of methoxy groups -OCH3 is 1. The van der Waals surface area contributed by atoms with E-state index in [-0.39, 0.29) is 12.6 Å². The van der Waals surface area contributed by atoms with Crippen LogP contribution in [0.25, 0.3) is 0 Å². The molecule has 178 valence electrons. The highest BCUT2D eigenvalue weighted by molar-refractivity contribution is 5.28. The Hall–Kier alpha value is -2.16. The van der Waals surface area contributed by atoms with Crippen LogP contribution in [0.1, 0.15) is 18.1 Å². The lowest BCUT2D eigenvalue weighted by atomic mass is 10.1. The van der Waals surface area contributed by atoms with Gasteiger partial charge in [-0.1, -0.05) is 24.3 Å². The Kier molecular flexibility index (Phi) is 13.4. The molecule has 0 saturated heterocycles. The fourth-order valence-corrected chi connectivity index (χ4v) is 3.02. The van der Waals surface area contributed by atoms with Gasteiger partial charge in [-0.3, -0.25) is 0 Å². The van der Waals surface area contributed by atoms with Crippen molar-refractivity contribution in [3.63, 3.8) is 0 Å².